The Hall–Kier alpha value is -0.446. The number of benzene rings is 1. The van der Waals surface area contributed by atoms with Crippen molar-refractivity contribution >= 4 is 5.97 Å². The first-order chi connectivity index (χ1) is 8.21. The SMILES string of the molecule is [CH2-]COc1ccc(CC(NC)C(=O)OC)cc1.[Y]. The van der Waals surface area contributed by atoms with Crippen LogP contribution in [0.3, 0.4) is 0 Å². The van der Waals surface area contributed by atoms with E-state index in [1.165, 1.54) is 7.11 Å². The molecule has 1 unspecified atom stereocenters. The average molecular weight is 325 g/mol. The van der Waals surface area contributed by atoms with E-state index in [4.69, 9.17) is 9.47 Å². The second-order valence-electron chi connectivity index (χ2n) is 3.56. The standard InChI is InChI=1S/C13H18NO3.Y/c1-4-17-11-7-5-10(6-8-11)9-12(14-2)13(15)16-3;/h5-8,12,14H,1,4,9H2,2-3H3;/q-1;. The van der Waals surface area contributed by atoms with Gasteiger partial charge in [0.15, 0.2) is 0 Å². The van der Waals surface area contributed by atoms with E-state index in [0.717, 1.165) is 11.3 Å². The largest absolute Gasteiger partial charge is 0.525 e. The van der Waals surface area contributed by atoms with Gasteiger partial charge in [0.2, 0.25) is 0 Å². The van der Waals surface area contributed by atoms with Crippen LogP contribution in [0, 0.1) is 6.92 Å². The minimum Gasteiger partial charge on any atom is -0.525 e. The summed E-state index contributed by atoms with van der Waals surface area (Å²) >= 11 is 0. The van der Waals surface area contributed by atoms with Gasteiger partial charge in [-0.3, -0.25) is 4.79 Å². The molecule has 1 aromatic rings. The minimum atomic E-state index is -0.320. The molecule has 4 nitrogen and oxygen atoms in total. The zero-order valence-corrected chi connectivity index (χ0v) is 13.6. The number of hydrogen-bond acceptors (Lipinski definition) is 4. The van der Waals surface area contributed by atoms with Gasteiger partial charge >= 0.3 is 5.97 Å². The summed E-state index contributed by atoms with van der Waals surface area (Å²) in [5, 5.41) is 2.93. The molecule has 0 bridgehead atoms. The summed E-state index contributed by atoms with van der Waals surface area (Å²) in [6.07, 6.45) is 0.591. The molecule has 0 aliphatic carbocycles. The second kappa shape index (κ2) is 9.48. The van der Waals surface area contributed by atoms with Crippen molar-refractivity contribution in [3.8, 4) is 5.75 Å². The van der Waals surface area contributed by atoms with E-state index in [1.54, 1.807) is 7.05 Å². The molecule has 0 saturated carbocycles. The molecular formula is C13H18NO3Y-. The van der Waals surface area contributed by atoms with Gasteiger partial charge in [-0.05, 0) is 37.8 Å². The van der Waals surface area contributed by atoms with Gasteiger partial charge < -0.3 is 21.7 Å². The Labute approximate surface area is 133 Å². The summed E-state index contributed by atoms with van der Waals surface area (Å²) in [6, 6.07) is 7.27. The summed E-state index contributed by atoms with van der Waals surface area (Å²) < 4.78 is 9.95. The topological polar surface area (TPSA) is 47.6 Å². The Morgan fingerprint density at radius 2 is 2.00 bits per heavy atom. The zero-order valence-electron chi connectivity index (χ0n) is 10.8. The van der Waals surface area contributed by atoms with Gasteiger partial charge in [0.25, 0.3) is 0 Å². The number of rotatable bonds is 6. The molecule has 5 heteroatoms. The first kappa shape index (κ1) is 17.6. The van der Waals surface area contributed by atoms with Crippen LogP contribution in [0.15, 0.2) is 24.3 Å². The third kappa shape index (κ3) is 5.46. The molecule has 0 aliphatic heterocycles. The predicted octanol–water partition coefficient (Wildman–Crippen LogP) is 1.20. The molecule has 97 valence electrons. The van der Waals surface area contributed by atoms with Gasteiger partial charge in [0.1, 0.15) is 11.8 Å². The van der Waals surface area contributed by atoms with Gasteiger partial charge in [-0.15, -0.1) is 0 Å². The Kier molecular flexibility index (Phi) is 9.24. The van der Waals surface area contributed by atoms with Gasteiger partial charge in [-0.1, -0.05) is 12.1 Å². The molecule has 0 spiro atoms. The van der Waals surface area contributed by atoms with Gasteiger partial charge in [0, 0.05) is 32.7 Å². The fraction of sp³-hybridized carbons (Fsp3) is 0.385. The molecule has 0 saturated heterocycles. The Bertz CT molecular complexity index is 354. The number of carbonyl (C=O) groups is 1. The van der Waals surface area contributed by atoms with Crippen molar-refractivity contribution in [2.45, 2.75) is 12.5 Å². The zero-order chi connectivity index (χ0) is 12.7. The molecule has 18 heavy (non-hydrogen) atoms. The van der Waals surface area contributed by atoms with Crippen LogP contribution in [-0.4, -0.2) is 32.8 Å². The van der Waals surface area contributed by atoms with Gasteiger partial charge in [0.05, 0.1) is 7.11 Å². The van der Waals surface area contributed by atoms with Crippen molar-refractivity contribution in [1.82, 2.24) is 5.32 Å². The van der Waals surface area contributed by atoms with Crippen molar-refractivity contribution in [3.63, 3.8) is 0 Å². The monoisotopic (exact) mass is 325 g/mol. The van der Waals surface area contributed by atoms with Crippen LogP contribution < -0.4 is 10.1 Å². The number of likely N-dealkylation sites (N-methyl/N-ethyl adjacent to an activating group) is 1. The predicted molar refractivity (Wildman–Crippen MR) is 65.9 cm³/mol. The summed E-state index contributed by atoms with van der Waals surface area (Å²) in [5.41, 5.74) is 1.05. The molecule has 1 radical (unpaired) electrons. The van der Waals surface area contributed by atoms with Gasteiger partial charge in [-0.2, -0.15) is 0 Å². The number of methoxy groups -OCH3 is 1. The van der Waals surface area contributed by atoms with E-state index in [2.05, 4.69) is 12.2 Å². The molecule has 0 heterocycles. The molecule has 0 amide bonds. The quantitative estimate of drug-likeness (QED) is 0.631. The third-order valence-electron chi connectivity index (χ3n) is 2.47. The molecule has 0 aromatic heterocycles. The maximum Gasteiger partial charge on any atom is 0.323 e. The minimum absolute atomic E-state index is 0. The van der Waals surface area contributed by atoms with E-state index in [9.17, 15) is 4.79 Å². The molecule has 1 N–H and O–H groups in total. The summed E-state index contributed by atoms with van der Waals surface area (Å²) in [5.74, 6) is 0.522. The molecule has 1 atom stereocenters. The van der Waals surface area contributed by atoms with E-state index >= 15 is 0 Å². The van der Waals surface area contributed by atoms with Crippen LogP contribution in [0.4, 0.5) is 0 Å². The van der Waals surface area contributed by atoms with Crippen LogP contribution in [-0.2, 0) is 48.7 Å². The molecule has 0 aliphatic rings. The molecule has 0 fully saturated rings. The van der Waals surface area contributed by atoms with Gasteiger partial charge in [-0.25, -0.2) is 0 Å². The number of carbonyl (C=O) groups excluding carboxylic acids is 1. The van der Waals surface area contributed by atoms with Crippen LogP contribution in [0.1, 0.15) is 5.56 Å². The third-order valence-corrected chi connectivity index (χ3v) is 2.47. The fourth-order valence-electron chi connectivity index (χ4n) is 1.52. The average Bonchev–Trinajstić information content (AvgIpc) is 2.37. The van der Waals surface area contributed by atoms with Crippen LogP contribution >= 0.6 is 0 Å². The van der Waals surface area contributed by atoms with Crippen molar-refractivity contribution < 1.29 is 47.0 Å². The van der Waals surface area contributed by atoms with Crippen molar-refractivity contribution in [2.24, 2.45) is 0 Å². The molecule has 1 aromatic carbocycles. The maximum atomic E-state index is 11.4. The second-order valence-corrected chi connectivity index (χ2v) is 3.56. The first-order valence-electron chi connectivity index (χ1n) is 5.47. The Balaban J connectivity index is 0.00000289. The normalized spacial score (nSPS) is 11.3. The van der Waals surface area contributed by atoms with Crippen molar-refractivity contribution in [1.29, 1.82) is 0 Å². The van der Waals surface area contributed by atoms with Crippen LogP contribution in [0.25, 0.3) is 0 Å². The van der Waals surface area contributed by atoms with E-state index in [0.29, 0.717) is 13.0 Å². The number of ether oxygens (including phenoxy) is 2. The molecule has 1 rings (SSSR count). The number of hydrogen-bond donors (Lipinski definition) is 1. The van der Waals surface area contributed by atoms with Crippen molar-refractivity contribution in [3.05, 3.63) is 36.8 Å². The summed E-state index contributed by atoms with van der Waals surface area (Å²) in [6.45, 7) is 4.01. The number of esters is 1. The Morgan fingerprint density at radius 3 is 2.44 bits per heavy atom. The van der Waals surface area contributed by atoms with E-state index in [-0.39, 0.29) is 44.7 Å². The first-order valence-corrected chi connectivity index (χ1v) is 5.47. The summed E-state index contributed by atoms with van der Waals surface area (Å²) in [7, 11) is 3.12. The number of nitrogens with one attached hydrogen (secondary N) is 1. The smallest absolute Gasteiger partial charge is 0.323 e. The van der Waals surface area contributed by atoms with Crippen LogP contribution in [0.2, 0.25) is 0 Å². The Morgan fingerprint density at radius 1 is 1.39 bits per heavy atom. The maximum absolute atomic E-state index is 11.4. The van der Waals surface area contributed by atoms with Crippen molar-refractivity contribution in [2.75, 3.05) is 20.8 Å². The van der Waals surface area contributed by atoms with Crippen LogP contribution in [0.5, 0.6) is 5.75 Å². The van der Waals surface area contributed by atoms with E-state index in [1.807, 2.05) is 24.3 Å². The molecular weight excluding hydrogens is 307 g/mol. The van der Waals surface area contributed by atoms with E-state index < -0.39 is 0 Å². The summed E-state index contributed by atoms with van der Waals surface area (Å²) in [4.78, 5) is 11.4. The fourth-order valence-corrected chi connectivity index (χ4v) is 1.52.